The van der Waals surface area contributed by atoms with Crippen molar-refractivity contribution in [2.24, 2.45) is 0 Å². The first-order valence-corrected chi connectivity index (χ1v) is 8.15. The Kier molecular flexibility index (Phi) is 4.43. The Labute approximate surface area is 123 Å². The van der Waals surface area contributed by atoms with Gasteiger partial charge in [-0.1, -0.05) is 60.7 Å². The summed E-state index contributed by atoms with van der Waals surface area (Å²) in [7, 11) is -4.63. The topological polar surface area (TPSA) is 74.6 Å². The van der Waals surface area contributed by atoms with Crippen molar-refractivity contribution in [1.29, 1.82) is 0 Å². The number of hydrogen-bond donors (Lipinski definition) is 2. The average molecular weight is 304 g/mol. The van der Waals surface area contributed by atoms with Crippen LogP contribution in [0.5, 0.6) is 0 Å². The molecule has 0 aliphatic carbocycles. The highest BCUT2D eigenvalue weighted by molar-refractivity contribution is 7.53. The number of ketones is 1. The predicted molar refractivity (Wildman–Crippen MR) is 81.0 cm³/mol. The Bertz CT molecular complexity index is 622. The predicted octanol–water partition coefficient (Wildman–Crippen LogP) is 3.09. The fraction of sp³-hybridized carbons (Fsp3) is 0.188. The fourth-order valence-corrected chi connectivity index (χ4v) is 4.00. The first-order valence-electron chi connectivity index (χ1n) is 6.54. The molecule has 0 unspecified atom stereocenters. The molecule has 0 aliphatic heterocycles. The smallest absolute Gasteiger partial charge is 0.324 e. The van der Waals surface area contributed by atoms with Crippen LogP contribution in [0.15, 0.2) is 60.7 Å². The van der Waals surface area contributed by atoms with Gasteiger partial charge in [-0.2, -0.15) is 0 Å². The van der Waals surface area contributed by atoms with E-state index in [1.54, 1.807) is 60.7 Å². The third-order valence-electron chi connectivity index (χ3n) is 3.50. The van der Waals surface area contributed by atoms with Crippen LogP contribution in [-0.2, 0) is 14.5 Å². The quantitative estimate of drug-likeness (QED) is 0.832. The minimum Gasteiger partial charge on any atom is -0.324 e. The third kappa shape index (κ3) is 2.98. The molecule has 2 aromatic rings. The summed E-state index contributed by atoms with van der Waals surface area (Å²) in [5.74, 6) is -0.272. The van der Waals surface area contributed by atoms with Crippen molar-refractivity contribution in [3.63, 3.8) is 0 Å². The Morgan fingerprint density at radius 1 is 0.952 bits per heavy atom. The monoisotopic (exact) mass is 304 g/mol. The summed E-state index contributed by atoms with van der Waals surface area (Å²) in [6.07, 6.45) is -0.245. The van der Waals surface area contributed by atoms with Crippen molar-refractivity contribution in [3.05, 3.63) is 71.8 Å². The molecule has 0 aliphatic rings. The molecule has 2 aromatic carbocycles. The van der Waals surface area contributed by atoms with Gasteiger partial charge in [0, 0.05) is 6.42 Å². The molecule has 0 heterocycles. The number of carbonyl (C=O) groups excluding carboxylic acids is 1. The van der Waals surface area contributed by atoms with Crippen LogP contribution in [0.1, 0.15) is 24.5 Å². The first kappa shape index (κ1) is 15.6. The molecule has 2 N–H and O–H groups in total. The second-order valence-electron chi connectivity index (χ2n) is 5.02. The van der Waals surface area contributed by atoms with Gasteiger partial charge in [0.2, 0.25) is 0 Å². The first-order chi connectivity index (χ1) is 9.88. The third-order valence-corrected chi connectivity index (χ3v) is 5.17. The Balaban J connectivity index is 2.78. The van der Waals surface area contributed by atoms with E-state index in [2.05, 4.69) is 0 Å². The van der Waals surface area contributed by atoms with Gasteiger partial charge in [-0.25, -0.2) is 0 Å². The molecule has 0 atom stereocenters. The minimum atomic E-state index is -4.63. The Morgan fingerprint density at radius 3 is 1.62 bits per heavy atom. The van der Waals surface area contributed by atoms with Crippen LogP contribution in [0, 0.1) is 0 Å². The molecule has 0 fully saturated rings. The van der Waals surface area contributed by atoms with E-state index in [9.17, 15) is 19.1 Å². The molecule has 0 amide bonds. The van der Waals surface area contributed by atoms with Crippen molar-refractivity contribution < 1.29 is 19.1 Å². The van der Waals surface area contributed by atoms with E-state index in [1.807, 2.05) is 0 Å². The van der Waals surface area contributed by atoms with E-state index in [1.165, 1.54) is 6.92 Å². The van der Waals surface area contributed by atoms with Crippen molar-refractivity contribution in [2.45, 2.75) is 18.5 Å². The number of hydrogen-bond acceptors (Lipinski definition) is 2. The summed E-state index contributed by atoms with van der Waals surface area (Å²) in [5, 5.41) is -1.64. The molecule has 0 aromatic heterocycles. The summed E-state index contributed by atoms with van der Waals surface area (Å²) in [4.78, 5) is 31.8. The van der Waals surface area contributed by atoms with Gasteiger partial charge in [0.1, 0.15) is 10.9 Å². The molecule has 0 saturated carbocycles. The summed E-state index contributed by atoms with van der Waals surface area (Å²) in [6.45, 7) is 1.34. The summed E-state index contributed by atoms with van der Waals surface area (Å²) >= 11 is 0. The molecule has 5 heteroatoms. The largest absolute Gasteiger partial charge is 0.340 e. The molecule has 2 rings (SSSR count). The lowest BCUT2D eigenvalue weighted by atomic mass is 9.86. The van der Waals surface area contributed by atoms with Crippen LogP contribution >= 0.6 is 7.60 Å². The zero-order valence-corrected chi connectivity index (χ0v) is 12.5. The highest BCUT2D eigenvalue weighted by atomic mass is 31.2. The van der Waals surface area contributed by atoms with Crippen LogP contribution in [-0.4, -0.2) is 15.6 Å². The van der Waals surface area contributed by atoms with E-state index >= 15 is 0 Å². The zero-order valence-electron chi connectivity index (χ0n) is 11.6. The summed E-state index contributed by atoms with van der Waals surface area (Å²) in [6, 6.07) is 17.0. The SMILES string of the molecule is CC(=O)CC(c1ccccc1)(c1ccccc1)P(=O)(O)O. The van der Waals surface area contributed by atoms with E-state index in [0.717, 1.165) is 0 Å². The lowest BCUT2D eigenvalue weighted by Crippen LogP contribution is -2.30. The minimum absolute atomic E-state index is 0.245. The lowest BCUT2D eigenvalue weighted by Gasteiger charge is -2.34. The second kappa shape index (κ2) is 5.94. The van der Waals surface area contributed by atoms with E-state index in [-0.39, 0.29) is 12.2 Å². The van der Waals surface area contributed by atoms with Crippen molar-refractivity contribution >= 4 is 13.4 Å². The van der Waals surface area contributed by atoms with Crippen molar-refractivity contribution in [1.82, 2.24) is 0 Å². The number of benzene rings is 2. The van der Waals surface area contributed by atoms with E-state index < -0.39 is 12.8 Å². The maximum absolute atomic E-state index is 12.3. The van der Waals surface area contributed by atoms with Crippen LogP contribution in [0.3, 0.4) is 0 Å². The molecule has 4 nitrogen and oxygen atoms in total. The molecule has 0 bridgehead atoms. The van der Waals surface area contributed by atoms with Crippen LogP contribution in [0.25, 0.3) is 0 Å². The van der Waals surface area contributed by atoms with Gasteiger partial charge < -0.3 is 9.79 Å². The summed E-state index contributed by atoms with van der Waals surface area (Å²) < 4.78 is 12.3. The van der Waals surface area contributed by atoms with Gasteiger partial charge in [0.15, 0.2) is 0 Å². The highest BCUT2D eigenvalue weighted by Crippen LogP contribution is 2.62. The maximum Gasteiger partial charge on any atom is 0.340 e. The normalized spacial score (nSPS) is 12.1. The molecule has 21 heavy (non-hydrogen) atoms. The van der Waals surface area contributed by atoms with Crippen LogP contribution in [0.2, 0.25) is 0 Å². The van der Waals surface area contributed by atoms with Gasteiger partial charge in [0.05, 0.1) is 0 Å². The van der Waals surface area contributed by atoms with Gasteiger partial charge >= 0.3 is 7.60 Å². The average Bonchev–Trinajstić information content (AvgIpc) is 2.45. The standard InChI is InChI=1S/C16H17O4P/c1-13(17)12-16(21(18,19)20,14-8-4-2-5-9-14)15-10-6-3-7-11-15/h2-11H,12H2,1H3,(H2,18,19,20). The second-order valence-corrected chi connectivity index (χ2v) is 6.87. The molecule has 0 radical (unpaired) electrons. The summed E-state index contributed by atoms with van der Waals surface area (Å²) in [5.41, 5.74) is 0.888. The number of rotatable bonds is 5. The molecule has 0 spiro atoms. The number of carbonyl (C=O) groups is 1. The fourth-order valence-electron chi connectivity index (χ4n) is 2.60. The maximum atomic E-state index is 12.3. The molecular formula is C16H17O4P. The van der Waals surface area contributed by atoms with Crippen LogP contribution < -0.4 is 0 Å². The zero-order chi connectivity index (χ0) is 15.5. The van der Waals surface area contributed by atoms with E-state index in [4.69, 9.17) is 0 Å². The highest BCUT2D eigenvalue weighted by Gasteiger charge is 2.50. The molecule has 110 valence electrons. The molecular weight excluding hydrogens is 287 g/mol. The lowest BCUT2D eigenvalue weighted by molar-refractivity contribution is -0.117. The van der Waals surface area contributed by atoms with Gasteiger partial charge in [-0.3, -0.25) is 9.36 Å². The van der Waals surface area contributed by atoms with Crippen LogP contribution in [0.4, 0.5) is 0 Å². The van der Waals surface area contributed by atoms with Crippen molar-refractivity contribution in [3.8, 4) is 0 Å². The van der Waals surface area contributed by atoms with Gasteiger partial charge in [-0.15, -0.1) is 0 Å². The van der Waals surface area contributed by atoms with Gasteiger partial charge in [-0.05, 0) is 18.1 Å². The van der Waals surface area contributed by atoms with Crippen molar-refractivity contribution in [2.75, 3.05) is 0 Å². The van der Waals surface area contributed by atoms with Gasteiger partial charge in [0.25, 0.3) is 0 Å². The van der Waals surface area contributed by atoms with E-state index in [0.29, 0.717) is 11.1 Å². The number of Topliss-reactive ketones (excluding diaryl/α,β-unsaturated/α-hetero) is 1. The molecule has 0 saturated heterocycles. The Morgan fingerprint density at radius 2 is 1.33 bits per heavy atom. The Hall–Kier alpha value is -1.74.